The first kappa shape index (κ1) is 14.1. The Labute approximate surface area is 117 Å². The summed E-state index contributed by atoms with van der Waals surface area (Å²) in [5, 5.41) is 0. The molecule has 1 amide bonds. The van der Waals surface area contributed by atoms with Gasteiger partial charge in [0.15, 0.2) is 0 Å². The number of carbonyl (C=O) groups excluding carboxylic acids is 1. The summed E-state index contributed by atoms with van der Waals surface area (Å²) in [5.74, 6) is 6.47. The van der Waals surface area contributed by atoms with Crippen molar-refractivity contribution in [2.45, 2.75) is 26.4 Å². The number of hydrogen-bond donors (Lipinski definition) is 2. The van der Waals surface area contributed by atoms with Crippen molar-refractivity contribution in [1.29, 1.82) is 0 Å². The van der Waals surface area contributed by atoms with E-state index in [1.807, 2.05) is 29.7 Å². The third-order valence-electron chi connectivity index (χ3n) is 2.97. The highest BCUT2D eigenvalue weighted by Crippen LogP contribution is 2.19. The fourth-order valence-corrected chi connectivity index (χ4v) is 1.76. The second-order valence-electron chi connectivity index (χ2n) is 4.79. The Hall–Kier alpha value is -2.27. The van der Waals surface area contributed by atoms with Crippen molar-refractivity contribution in [2.75, 3.05) is 0 Å². The van der Waals surface area contributed by atoms with Crippen LogP contribution in [0.4, 0.5) is 0 Å². The van der Waals surface area contributed by atoms with Crippen LogP contribution in [0.2, 0.25) is 0 Å². The van der Waals surface area contributed by atoms with Gasteiger partial charge in [0.1, 0.15) is 24.4 Å². The molecule has 1 heterocycles. The van der Waals surface area contributed by atoms with Gasteiger partial charge in [0.25, 0.3) is 5.91 Å². The summed E-state index contributed by atoms with van der Waals surface area (Å²) in [5.41, 5.74) is 3.68. The Balaban J connectivity index is 1.94. The number of nitrogen functional groups attached to an aromatic ring is 1. The summed E-state index contributed by atoms with van der Waals surface area (Å²) in [6, 6.07) is 9.52. The average Bonchev–Trinajstić information content (AvgIpc) is 2.93. The molecule has 2 aromatic rings. The Bertz CT molecular complexity index is 573. The second-order valence-corrected chi connectivity index (χ2v) is 4.79. The van der Waals surface area contributed by atoms with Crippen molar-refractivity contribution in [3.05, 3.63) is 53.5 Å². The number of carbonyl (C=O) groups is 1. The molecule has 1 aromatic carbocycles. The molecule has 0 atom stereocenters. The average molecular weight is 274 g/mol. The van der Waals surface area contributed by atoms with E-state index in [1.165, 1.54) is 11.8 Å². The lowest BCUT2D eigenvalue weighted by molar-refractivity contribution is 0.0953. The molecule has 106 valence electrons. The van der Waals surface area contributed by atoms with E-state index in [0.29, 0.717) is 17.2 Å². The van der Waals surface area contributed by atoms with Crippen molar-refractivity contribution >= 4 is 5.91 Å². The molecule has 0 radical (unpaired) electrons. The molecule has 0 aliphatic rings. The van der Waals surface area contributed by atoms with Crippen LogP contribution in [0.3, 0.4) is 0 Å². The van der Waals surface area contributed by atoms with Crippen molar-refractivity contribution in [3.8, 4) is 5.75 Å². The van der Waals surface area contributed by atoms with Crippen LogP contribution in [0.15, 0.2) is 41.0 Å². The molecule has 5 nitrogen and oxygen atoms in total. The van der Waals surface area contributed by atoms with Gasteiger partial charge in [-0.1, -0.05) is 26.0 Å². The van der Waals surface area contributed by atoms with Crippen molar-refractivity contribution in [1.82, 2.24) is 5.43 Å². The largest absolute Gasteiger partial charge is 0.486 e. The Morgan fingerprint density at radius 3 is 2.65 bits per heavy atom. The smallest absolute Gasteiger partial charge is 0.268 e. The van der Waals surface area contributed by atoms with Crippen LogP contribution in [0.1, 0.15) is 41.4 Å². The third kappa shape index (κ3) is 3.39. The molecule has 0 aliphatic heterocycles. The SMILES string of the molecule is CC(C)c1ccc(OCc2cc(C(=O)NN)co2)cc1. The number of ether oxygens (including phenoxy) is 1. The molecule has 0 bridgehead atoms. The van der Waals surface area contributed by atoms with E-state index in [1.54, 1.807) is 6.07 Å². The van der Waals surface area contributed by atoms with E-state index in [4.69, 9.17) is 15.0 Å². The van der Waals surface area contributed by atoms with Crippen molar-refractivity contribution < 1.29 is 13.9 Å². The van der Waals surface area contributed by atoms with Gasteiger partial charge in [0, 0.05) is 0 Å². The zero-order valence-electron chi connectivity index (χ0n) is 11.6. The summed E-state index contributed by atoms with van der Waals surface area (Å²) in [4.78, 5) is 11.3. The van der Waals surface area contributed by atoms with Gasteiger partial charge >= 0.3 is 0 Å². The maximum absolute atomic E-state index is 11.3. The first-order chi connectivity index (χ1) is 9.60. The second kappa shape index (κ2) is 6.25. The van der Waals surface area contributed by atoms with E-state index in [-0.39, 0.29) is 12.5 Å². The van der Waals surface area contributed by atoms with Crippen molar-refractivity contribution in [3.63, 3.8) is 0 Å². The highest BCUT2D eigenvalue weighted by Gasteiger charge is 2.09. The number of nitrogens with one attached hydrogen (secondary N) is 1. The molecule has 0 saturated heterocycles. The highest BCUT2D eigenvalue weighted by atomic mass is 16.5. The number of furan rings is 1. The zero-order chi connectivity index (χ0) is 14.5. The Morgan fingerprint density at radius 2 is 2.05 bits per heavy atom. The van der Waals surface area contributed by atoms with Crippen LogP contribution in [-0.4, -0.2) is 5.91 Å². The molecular formula is C15H18N2O3. The molecule has 1 aromatic heterocycles. The number of hydrogen-bond acceptors (Lipinski definition) is 4. The summed E-state index contributed by atoms with van der Waals surface area (Å²) in [7, 11) is 0. The molecule has 2 rings (SSSR count). The van der Waals surface area contributed by atoms with Crippen LogP contribution in [0, 0.1) is 0 Å². The van der Waals surface area contributed by atoms with Crippen LogP contribution in [0.25, 0.3) is 0 Å². The Morgan fingerprint density at radius 1 is 1.35 bits per heavy atom. The van der Waals surface area contributed by atoms with Gasteiger partial charge in [0.05, 0.1) is 5.56 Å². The fourth-order valence-electron chi connectivity index (χ4n) is 1.76. The lowest BCUT2D eigenvalue weighted by Gasteiger charge is -2.07. The van der Waals surface area contributed by atoms with Crippen LogP contribution >= 0.6 is 0 Å². The van der Waals surface area contributed by atoms with Crippen LogP contribution < -0.4 is 16.0 Å². The molecule has 20 heavy (non-hydrogen) atoms. The van der Waals surface area contributed by atoms with Gasteiger partial charge in [0.2, 0.25) is 0 Å². The van der Waals surface area contributed by atoms with Gasteiger partial charge in [-0.3, -0.25) is 10.2 Å². The van der Waals surface area contributed by atoms with Gasteiger partial charge in [-0.25, -0.2) is 5.84 Å². The number of benzene rings is 1. The number of amides is 1. The van der Waals surface area contributed by atoms with E-state index < -0.39 is 0 Å². The maximum atomic E-state index is 11.3. The molecule has 0 saturated carbocycles. The monoisotopic (exact) mass is 274 g/mol. The Kier molecular flexibility index (Phi) is 4.42. The van der Waals surface area contributed by atoms with E-state index in [9.17, 15) is 4.79 Å². The minimum Gasteiger partial charge on any atom is -0.486 e. The molecule has 3 N–H and O–H groups in total. The van der Waals surface area contributed by atoms with Gasteiger partial charge in [-0.05, 0) is 29.7 Å². The zero-order valence-corrected chi connectivity index (χ0v) is 11.6. The minimum absolute atomic E-state index is 0.263. The summed E-state index contributed by atoms with van der Waals surface area (Å²) < 4.78 is 10.8. The van der Waals surface area contributed by atoms with Gasteiger partial charge in [-0.2, -0.15) is 0 Å². The highest BCUT2D eigenvalue weighted by molar-refractivity contribution is 5.93. The number of nitrogens with two attached hydrogens (primary N) is 1. The molecule has 0 aliphatic carbocycles. The van der Waals surface area contributed by atoms with E-state index in [0.717, 1.165) is 5.75 Å². The normalized spacial score (nSPS) is 10.6. The lowest BCUT2D eigenvalue weighted by Crippen LogP contribution is -2.29. The number of hydrazine groups is 1. The lowest BCUT2D eigenvalue weighted by atomic mass is 10.0. The topological polar surface area (TPSA) is 77.5 Å². The van der Waals surface area contributed by atoms with E-state index in [2.05, 4.69) is 13.8 Å². The van der Waals surface area contributed by atoms with Crippen LogP contribution in [0.5, 0.6) is 5.75 Å². The predicted octanol–water partition coefficient (Wildman–Crippen LogP) is 2.59. The molecule has 0 fully saturated rings. The first-order valence-electron chi connectivity index (χ1n) is 6.41. The quantitative estimate of drug-likeness (QED) is 0.499. The maximum Gasteiger partial charge on any atom is 0.268 e. The predicted molar refractivity (Wildman–Crippen MR) is 75.2 cm³/mol. The van der Waals surface area contributed by atoms with Gasteiger partial charge < -0.3 is 9.15 Å². The third-order valence-corrected chi connectivity index (χ3v) is 2.97. The standard InChI is InChI=1S/C15H18N2O3/c1-10(2)11-3-5-13(6-4-11)20-9-14-7-12(8-19-14)15(18)17-16/h3-8,10H,9,16H2,1-2H3,(H,17,18). The molecule has 0 unspecified atom stereocenters. The summed E-state index contributed by atoms with van der Waals surface area (Å²) in [6.07, 6.45) is 1.35. The molecule has 5 heteroatoms. The number of rotatable bonds is 5. The van der Waals surface area contributed by atoms with E-state index >= 15 is 0 Å². The summed E-state index contributed by atoms with van der Waals surface area (Å²) >= 11 is 0. The van der Waals surface area contributed by atoms with Crippen molar-refractivity contribution in [2.24, 2.45) is 5.84 Å². The first-order valence-corrected chi connectivity index (χ1v) is 6.41. The van der Waals surface area contributed by atoms with Crippen LogP contribution in [-0.2, 0) is 6.61 Å². The fraction of sp³-hybridized carbons (Fsp3) is 0.267. The molecular weight excluding hydrogens is 256 g/mol. The molecule has 0 spiro atoms. The summed E-state index contributed by atoms with van der Waals surface area (Å²) in [6.45, 7) is 4.55. The minimum atomic E-state index is -0.388. The van der Waals surface area contributed by atoms with Gasteiger partial charge in [-0.15, -0.1) is 0 Å².